The molecular formula is C20H16BNO6. The molecule has 0 radical (unpaired) electrons. The van der Waals surface area contributed by atoms with Crippen LogP contribution in [0, 0.1) is 0 Å². The fraction of sp³-hybridized carbons (Fsp3) is 0. The number of carbonyl (C=O) groups excluding carboxylic acids is 2. The summed E-state index contributed by atoms with van der Waals surface area (Å²) >= 11 is 0. The highest BCUT2D eigenvalue weighted by molar-refractivity contribution is 6.58. The molecular weight excluding hydrogens is 361 g/mol. The molecule has 0 atom stereocenters. The number of ether oxygens (including phenoxy) is 2. The normalized spacial score (nSPS) is 10.2. The van der Waals surface area contributed by atoms with Gasteiger partial charge in [-0.25, -0.2) is 9.59 Å². The van der Waals surface area contributed by atoms with E-state index in [1.54, 1.807) is 24.3 Å². The molecule has 0 saturated heterocycles. The highest BCUT2D eigenvalue weighted by Gasteiger charge is 2.13. The smallest absolute Gasteiger partial charge is 0.423 e. The van der Waals surface area contributed by atoms with E-state index < -0.39 is 19.1 Å². The molecule has 0 bridgehead atoms. The molecule has 7 nitrogen and oxygen atoms in total. The van der Waals surface area contributed by atoms with Gasteiger partial charge in [-0.15, -0.1) is 0 Å². The summed E-state index contributed by atoms with van der Waals surface area (Å²) in [6.45, 7) is 0. The SMILES string of the molecule is Nc1ccc(C(=O)Oc2ccc(C(=O)Oc3ccc(B(O)O)cc3)cc2)cc1. The number of esters is 2. The first-order chi connectivity index (χ1) is 13.4. The Bertz CT molecular complexity index is 969. The first kappa shape index (κ1) is 19.2. The van der Waals surface area contributed by atoms with E-state index in [1.165, 1.54) is 48.5 Å². The summed E-state index contributed by atoms with van der Waals surface area (Å²) in [6.07, 6.45) is 0. The second-order valence-electron chi connectivity index (χ2n) is 5.87. The average molecular weight is 377 g/mol. The summed E-state index contributed by atoms with van der Waals surface area (Å²) < 4.78 is 10.5. The van der Waals surface area contributed by atoms with Crippen molar-refractivity contribution in [3.63, 3.8) is 0 Å². The number of nitrogen functional groups attached to an aromatic ring is 1. The molecule has 4 N–H and O–H groups in total. The van der Waals surface area contributed by atoms with Crippen molar-refractivity contribution in [2.45, 2.75) is 0 Å². The molecule has 0 fully saturated rings. The Kier molecular flexibility index (Phi) is 5.74. The van der Waals surface area contributed by atoms with Crippen molar-refractivity contribution in [1.82, 2.24) is 0 Å². The van der Waals surface area contributed by atoms with E-state index >= 15 is 0 Å². The highest BCUT2D eigenvalue weighted by atomic mass is 16.5. The van der Waals surface area contributed by atoms with Gasteiger partial charge in [-0.2, -0.15) is 0 Å². The lowest BCUT2D eigenvalue weighted by Crippen LogP contribution is -2.29. The van der Waals surface area contributed by atoms with Crippen molar-refractivity contribution in [3.05, 3.63) is 83.9 Å². The number of hydrogen-bond donors (Lipinski definition) is 3. The molecule has 0 spiro atoms. The molecule has 0 aliphatic carbocycles. The van der Waals surface area contributed by atoms with Crippen LogP contribution in [0.15, 0.2) is 72.8 Å². The van der Waals surface area contributed by atoms with Gasteiger partial charge in [-0.3, -0.25) is 0 Å². The number of anilines is 1. The van der Waals surface area contributed by atoms with Crippen LogP contribution >= 0.6 is 0 Å². The van der Waals surface area contributed by atoms with Crippen molar-refractivity contribution in [2.24, 2.45) is 0 Å². The third kappa shape index (κ3) is 4.76. The Morgan fingerprint density at radius 3 is 1.50 bits per heavy atom. The maximum atomic E-state index is 12.2. The van der Waals surface area contributed by atoms with E-state index in [4.69, 9.17) is 25.3 Å². The van der Waals surface area contributed by atoms with Crippen LogP contribution < -0.4 is 20.7 Å². The second-order valence-corrected chi connectivity index (χ2v) is 5.87. The maximum Gasteiger partial charge on any atom is 0.488 e. The summed E-state index contributed by atoms with van der Waals surface area (Å²) in [7, 11) is -1.59. The van der Waals surface area contributed by atoms with Crippen molar-refractivity contribution in [1.29, 1.82) is 0 Å². The van der Waals surface area contributed by atoms with Crippen LogP contribution in [0.25, 0.3) is 0 Å². The molecule has 3 aromatic carbocycles. The first-order valence-corrected chi connectivity index (χ1v) is 8.28. The topological polar surface area (TPSA) is 119 Å². The third-order valence-electron chi connectivity index (χ3n) is 3.84. The summed E-state index contributed by atoms with van der Waals surface area (Å²) in [4.78, 5) is 24.2. The molecule has 28 heavy (non-hydrogen) atoms. The Labute approximate surface area is 161 Å². The number of nitrogens with two attached hydrogens (primary N) is 1. The van der Waals surface area contributed by atoms with Crippen molar-refractivity contribution in [2.75, 3.05) is 5.73 Å². The Balaban J connectivity index is 1.62. The van der Waals surface area contributed by atoms with Gasteiger partial charge < -0.3 is 25.3 Å². The van der Waals surface area contributed by atoms with Gasteiger partial charge in [0, 0.05) is 5.69 Å². The van der Waals surface area contributed by atoms with E-state index in [9.17, 15) is 9.59 Å². The largest absolute Gasteiger partial charge is 0.488 e. The van der Waals surface area contributed by atoms with Gasteiger partial charge in [0.1, 0.15) is 11.5 Å². The van der Waals surface area contributed by atoms with E-state index in [1.807, 2.05) is 0 Å². The second kappa shape index (κ2) is 8.38. The number of benzene rings is 3. The third-order valence-corrected chi connectivity index (χ3v) is 3.84. The van der Waals surface area contributed by atoms with Crippen LogP contribution in [-0.4, -0.2) is 29.1 Å². The van der Waals surface area contributed by atoms with Crippen LogP contribution in [0.1, 0.15) is 20.7 Å². The lowest BCUT2D eigenvalue weighted by molar-refractivity contribution is 0.0730. The standard InChI is InChI=1S/C20H16BNO6/c22-16-7-1-13(2-8-16)19(23)27-17-9-3-14(4-10-17)20(24)28-18-11-5-15(6-12-18)21(25)26/h1-12,25-26H,22H2. The van der Waals surface area contributed by atoms with E-state index in [0.29, 0.717) is 11.3 Å². The predicted octanol–water partition coefficient (Wildman–Crippen LogP) is 1.39. The predicted molar refractivity (Wildman–Crippen MR) is 103 cm³/mol. The molecule has 8 heteroatoms. The molecule has 3 aromatic rings. The van der Waals surface area contributed by atoms with E-state index in [2.05, 4.69) is 0 Å². The van der Waals surface area contributed by atoms with Gasteiger partial charge in [-0.1, -0.05) is 12.1 Å². The van der Waals surface area contributed by atoms with Crippen LogP contribution in [0.2, 0.25) is 0 Å². The van der Waals surface area contributed by atoms with Gasteiger partial charge >= 0.3 is 19.1 Å². The van der Waals surface area contributed by atoms with Crippen molar-refractivity contribution in [3.8, 4) is 11.5 Å². The summed E-state index contributed by atoms with van der Waals surface area (Å²) in [6, 6.07) is 18.0. The summed E-state index contributed by atoms with van der Waals surface area (Å²) in [5.41, 5.74) is 7.03. The minimum Gasteiger partial charge on any atom is -0.423 e. The monoisotopic (exact) mass is 377 g/mol. The number of hydrogen-bond acceptors (Lipinski definition) is 7. The molecule has 3 rings (SSSR count). The maximum absolute atomic E-state index is 12.2. The van der Waals surface area contributed by atoms with Gasteiger partial charge in [0.15, 0.2) is 0 Å². The lowest BCUT2D eigenvalue weighted by atomic mass is 9.80. The highest BCUT2D eigenvalue weighted by Crippen LogP contribution is 2.17. The molecule has 0 aliphatic heterocycles. The van der Waals surface area contributed by atoms with Gasteiger partial charge in [-0.05, 0) is 66.1 Å². The molecule has 0 aliphatic rings. The van der Waals surface area contributed by atoms with Gasteiger partial charge in [0.25, 0.3) is 0 Å². The molecule has 0 saturated carbocycles. The van der Waals surface area contributed by atoms with Crippen LogP contribution in [-0.2, 0) is 0 Å². The van der Waals surface area contributed by atoms with Gasteiger partial charge in [0.05, 0.1) is 11.1 Å². The van der Waals surface area contributed by atoms with Crippen LogP contribution in [0.4, 0.5) is 5.69 Å². The zero-order valence-corrected chi connectivity index (χ0v) is 14.6. The summed E-state index contributed by atoms with van der Waals surface area (Å²) in [5, 5.41) is 18.1. The van der Waals surface area contributed by atoms with Crippen molar-refractivity contribution >= 4 is 30.2 Å². The van der Waals surface area contributed by atoms with Crippen LogP contribution in [0.5, 0.6) is 11.5 Å². The first-order valence-electron chi connectivity index (χ1n) is 8.28. The van der Waals surface area contributed by atoms with Gasteiger partial charge in [0.2, 0.25) is 0 Å². The fourth-order valence-corrected chi connectivity index (χ4v) is 2.32. The van der Waals surface area contributed by atoms with Crippen LogP contribution in [0.3, 0.4) is 0 Å². The zero-order valence-electron chi connectivity index (χ0n) is 14.6. The molecule has 0 aromatic heterocycles. The minimum absolute atomic E-state index is 0.258. The fourth-order valence-electron chi connectivity index (χ4n) is 2.32. The number of carbonyl (C=O) groups is 2. The van der Waals surface area contributed by atoms with E-state index in [-0.39, 0.29) is 22.5 Å². The minimum atomic E-state index is -1.59. The molecule has 0 heterocycles. The number of rotatable bonds is 5. The molecule has 0 unspecified atom stereocenters. The van der Waals surface area contributed by atoms with E-state index in [0.717, 1.165) is 0 Å². The summed E-state index contributed by atoms with van der Waals surface area (Å²) in [5.74, 6) is -0.608. The quantitative estimate of drug-likeness (QED) is 0.266. The Hall–Kier alpha value is -3.62. The average Bonchev–Trinajstić information content (AvgIpc) is 2.69. The molecule has 140 valence electrons. The molecule has 0 amide bonds. The lowest BCUT2D eigenvalue weighted by Gasteiger charge is -2.07. The zero-order chi connectivity index (χ0) is 20.1. The Morgan fingerprint density at radius 1 is 0.679 bits per heavy atom. The Morgan fingerprint density at radius 2 is 1.07 bits per heavy atom. The van der Waals surface area contributed by atoms with Crippen molar-refractivity contribution < 1.29 is 29.1 Å².